The zero-order valence-electron chi connectivity index (χ0n) is 20.0. The number of halogens is 1. The number of aryl methyl sites for hydroxylation is 1. The number of amides is 2. The smallest absolute Gasteiger partial charge is 0.338 e. The SMILES string of the molecule is CCCCOC(=O)c1ccc(NC(=O)CCCC(=O)OCC(=O)Nc2ccc(Br)cc2CC)cc1. The first kappa shape index (κ1) is 28.0. The average molecular weight is 547 g/mol. The number of anilines is 2. The van der Waals surface area contributed by atoms with Crippen molar-refractivity contribution in [3.8, 4) is 0 Å². The van der Waals surface area contributed by atoms with Crippen LogP contribution in [0.15, 0.2) is 46.9 Å². The van der Waals surface area contributed by atoms with E-state index >= 15 is 0 Å². The number of unbranched alkanes of at least 4 members (excludes halogenated alkanes) is 1. The van der Waals surface area contributed by atoms with Crippen molar-refractivity contribution < 1.29 is 28.7 Å². The second-order valence-electron chi connectivity index (χ2n) is 7.83. The zero-order valence-corrected chi connectivity index (χ0v) is 21.6. The fourth-order valence-corrected chi connectivity index (χ4v) is 3.49. The number of carbonyl (C=O) groups is 4. The third-order valence-corrected chi connectivity index (χ3v) is 5.50. The first-order chi connectivity index (χ1) is 16.8. The van der Waals surface area contributed by atoms with Gasteiger partial charge in [-0.05, 0) is 67.3 Å². The fourth-order valence-electron chi connectivity index (χ4n) is 3.08. The van der Waals surface area contributed by atoms with Gasteiger partial charge in [-0.15, -0.1) is 0 Å². The van der Waals surface area contributed by atoms with E-state index in [1.807, 2.05) is 26.0 Å². The van der Waals surface area contributed by atoms with E-state index in [1.165, 1.54) is 0 Å². The predicted octanol–water partition coefficient (Wildman–Crippen LogP) is 5.26. The van der Waals surface area contributed by atoms with Gasteiger partial charge in [-0.25, -0.2) is 4.79 Å². The van der Waals surface area contributed by atoms with E-state index in [2.05, 4.69) is 26.6 Å². The molecule has 2 N–H and O–H groups in total. The van der Waals surface area contributed by atoms with Crippen LogP contribution in [0.1, 0.15) is 61.9 Å². The van der Waals surface area contributed by atoms with Crippen molar-refractivity contribution >= 4 is 51.1 Å². The number of esters is 2. The van der Waals surface area contributed by atoms with Gasteiger partial charge < -0.3 is 20.1 Å². The lowest BCUT2D eigenvalue weighted by Crippen LogP contribution is -2.21. The molecule has 188 valence electrons. The molecule has 8 nitrogen and oxygen atoms in total. The molecule has 0 heterocycles. The molecule has 0 bridgehead atoms. The van der Waals surface area contributed by atoms with Crippen LogP contribution < -0.4 is 10.6 Å². The average Bonchev–Trinajstić information content (AvgIpc) is 2.84. The first-order valence-corrected chi connectivity index (χ1v) is 12.4. The van der Waals surface area contributed by atoms with Crippen molar-refractivity contribution in [3.05, 3.63) is 58.1 Å². The Morgan fingerprint density at radius 3 is 2.29 bits per heavy atom. The van der Waals surface area contributed by atoms with Crippen LogP contribution in [0.25, 0.3) is 0 Å². The van der Waals surface area contributed by atoms with Crippen LogP contribution in [-0.4, -0.2) is 37.0 Å². The molecule has 2 aromatic rings. The maximum atomic E-state index is 12.1. The Labute approximate surface area is 213 Å². The van der Waals surface area contributed by atoms with Gasteiger partial charge in [-0.1, -0.05) is 36.2 Å². The van der Waals surface area contributed by atoms with Gasteiger partial charge in [0.15, 0.2) is 6.61 Å². The normalized spacial score (nSPS) is 10.4. The van der Waals surface area contributed by atoms with E-state index in [9.17, 15) is 19.2 Å². The van der Waals surface area contributed by atoms with Crippen molar-refractivity contribution in [1.82, 2.24) is 0 Å². The van der Waals surface area contributed by atoms with Gasteiger partial charge in [0, 0.05) is 28.7 Å². The van der Waals surface area contributed by atoms with Crippen LogP contribution >= 0.6 is 15.9 Å². The number of carbonyl (C=O) groups excluding carboxylic acids is 4. The van der Waals surface area contributed by atoms with Gasteiger partial charge in [0.05, 0.1) is 12.2 Å². The van der Waals surface area contributed by atoms with Crippen molar-refractivity contribution in [2.75, 3.05) is 23.8 Å². The molecular formula is C26H31BrN2O6. The molecule has 0 aliphatic heterocycles. The molecule has 2 aromatic carbocycles. The van der Waals surface area contributed by atoms with Crippen LogP contribution in [0.2, 0.25) is 0 Å². The summed E-state index contributed by atoms with van der Waals surface area (Å²) in [6.07, 6.45) is 2.90. The maximum absolute atomic E-state index is 12.1. The second-order valence-corrected chi connectivity index (χ2v) is 8.75. The van der Waals surface area contributed by atoms with E-state index in [0.717, 1.165) is 29.3 Å². The van der Waals surface area contributed by atoms with E-state index in [4.69, 9.17) is 9.47 Å². The molecule has 0 saturated carbocycles. The quantitative estimate of drug-likeness (QED) is 0.262. The predicted molar refractivity (Wildman–Crippen MR) is 137 cm³/mol. The molecule has 0 saturated heterocycles. The highest BCUT2D eigenvalue weighted by molar-refractivity contribution is 9.10. The number of hydrogen-bond donors (Lipinski definition) is 2. The number of rotatable bonds is 13. The third-order valence-electron chi connectivity index (χ3n) is 5.01. The van der Waals surface area contributed by atoms with E-state index < -0.39 is 24.5 Å². The van der Waals surface area contributed by atoms with Gasteiger partial charge in [0.25, 0.3) is 5.91 Å². The fraction of sp³-hybridized carbons (Fsp3) is 0.385. The molecule has 9 heteroatoms. The molecule has 0 fully saturated rings. The molecule has 0 aromatic heterocycles. The molecule has 0 atom stereocenters. The first-order valence-electron chi connectivity index (χ1n) is 11.6. The van der Waals surface area contributed by atoms with Gasteiger partial charge >= 0.3 is 11.9 Å². The standard InChI is InChI=1S/C26H31BrN2O6/c1-3-5-15-34-26(33)19-9-12-21(13-10-19)28-23(30)7-6-8-25(32)35-17-24(31)29-22-14-11-20(27)16-18(22)4-2/h9-14,16H,3-8,15,17H2,1-2H3,(H,28,30)(H,29,31). The molecular weight excluding hydrogens is 516 g/mol. The molecule has 2 amide bonds. The summed E-state index contributed by atoms with van der Waals surface area (Å²) in [5.41, 5.74) is 2.59. The Morgan fingerprint density at radius 2 is 1.60 bits per heavy atom. The molecule has 35 heavy (non-hydrogen) atoms. The zero-order chi connectivity index (χ0) is 25.6. The summed E-state index contributed by atoms with van der Waals surface area (Å²) < 4.78 is 11.1. The molecule has 0 radical (unpaired) electrons. The van der Waals surface area contributed by atoms with Crippen molar-refractivity contribution in [2.45, 2.75) is 52.4 Å². The molecule has 0 unspecified atom stereocenters. The Bertz CT molecular complexity index is 1020. The van der Waals surface area contributed by atoms with E-state index in [-0.39, 0.29) is 25.2 Å². The lowest BCUT2D eigenvalue weighted by Gasteiger charge is -2.11. The van der Waals surface area contributed by atoms with Gasteiger partial charge in [-0.3, -0.25) is 14.4 Å². The summed E-state index contributed by atoms with van der Waals surface area (Å²) in [6, 6.07) is 11.9. The highest BCUT2D eigenvalue weighted by Crippen LogP contribution is 2.21. The topological polar surface area (TPSA) is 111 Å². The summed E-state index contributed by atoms with van der Waals surface area (Å²) in [6.45, 7) is 3.98. The number of ether oxygens (including phenoxy) is 2. The van der Waals surface area contributed by atoms with Crippen LogP contribution in [0.3, 0.4) is 0 Å². The van der Waals surface area contributed by atoms with Crippen molar-refractivity contribution in [2.24, 2.45) is 0 Å². The van der Waals surface area contributed by atoms with Crippen molar-refractivity contribution in [1.29, 1.82) is 0 Å². The van der Waals surface area contributed by atoms with Gasteiger partial charge in [0.2, 0.25) is 5.91 Å². The highest BCUT2D eigenvalue weighted by Gasteiger charge is 2.12. The van der Waals surface area contributed by atoms with Crippen LogP contribution in [0.5, 0.6) is 0 Å². The van der Waals surface area contributed by atoms with E-state index in [1.54, 1.807) is 30.3 Å². The minimum absolute atomic E-state index is 0.0156. The highest BCUT2D eigenvalue weighted by atomic mass is 79.9. The number of hydrogen-bond acceptors (Lipinski definition) is 6. The van der Waals surface area contributed by atoms with Crippen LogP contribution in [0, 0.1) is 0 Å². The maximum Gasteiger partial charge on any atom is 0.338 e. The largest absolute Gasteiger partial charge is 0.462 e. The minimum Gasteiger partial charge on any atom is -0.462 e. The minimum atomic E-state index is -0.551. The van der Waals surface area contributed by atoms with Gasteiger partial charge in [-0.2, -0.15) is 0 Å². The Balaban J connectivity index is 1.66. The van der Waals surface area contributed by atoms with Crippen molar-refractivity contribution in [3.63, 3.8) is 0 Å². The molecule has 2 rings (SSSR count). The summed E-state index contributed by atoms with van der Waals surface area (Å²) >= 11 is 3.40. The summed E-state index contributed by atoms with van der Waals surface area (Å²) in [5, 5.41) is 5.45. The molecule has 0 aliphatic carbocycles. The Kier molecular flexibility index (Phi) is 12.0. The second kappa shape index (κ2) is 14.9. The van der Waals surface area contributed by atoms with Gasteiger partial charge in [0.1, 0.15) is 0 Å². The molecule has 0 aliphatic rings. The number of nitrogens with one attached hydrogen (secondary N) is 2. The number of benzene rings is 2. The lowest BCUT2D eigenvalue weighted by molar-refractivity contribution is -0.147. The van der Waals surface area contributed by atoms with Crippen LogP contribution in [0.4, 0.5) is 11.4 Å². The summed E-state index contributed by atoms with van der Waals surface area (Å²) in [7, 11) is 0. The summed E-state index contributed by atoms with van der Waals surface area (Å²) in [4.78, 5) is 48.0. The van der Waals surface area contributed by atoms with E-state index in [0.29, 0.717) is 23.5 Å². The molecule has 0 spiro atoms. The van der Waals surface area contributed by atoms with Crippen LogP contribution in [-0.2, 0) is 30.3 Å². The Hall–Kier alpha value is -3.20. The third kappa shape index (κ3) is 10.3. The Morgan fingerprint density at radius 1 is 0.857 bits per heavy atom. The monoisotopic (exact) mass is 546 g/mol. The summed E-state index contributed by atoms with van der Waals surface area (Å²) in [5.74, 6) is -1.64. The lowest BCUT2D eigenvalue weighted by atomic mass is 10.1.